The predicted octanol–water partition coefficient (Wildman–Crippen LogP) is 4.00. The van der Waals surface area contributed by atoms with Crippen molar-refractivity contribution in [2.75, 3.05) is 0 Å². The van der Waals surface area contributed by atoms with Crippen molar-refractivity contribution in [1.29, 1.82) is 0 Å². The summed E-state index contributed by atoms with van der Waals surface area (Å²) in [5.74, 6) is -0.122. The van der Waals surface area contributed by atoms with Crippen molar-refractivity contribution in [2.45, 2.75) is 61.3 Å². The second-order valence-corrected chi connectivity index (χ2v) is 10.0. The van der Waals surface area contributed by atoms with Gasteiger partial charge in [-0.25, -0.2) is 8.42 Å². The van der Waals surface area contributed by atoms with Crippen molar-refractivity contribution in [2.24, 2.45) is 5.92 Å². The first kappa shape index (κ1) is 18.7. The van der Waals surface area contributed by atoms with Gasteiger partial charge in [-0.1, -0.05) is 55.5 Å². The van der Waals surface area contributed by atoms with E-state index in [0.717, 1.165) is 12.0 Å². The highest BCUT2D eigenvalue weighted by molar-refractivity contribution is 7.92. The average molecular weight is 387 g/mol. The number of fused-ring (bicyclic) bond motifs is 2. The van der Waals surface area contributed by atoms with Gasteiger partial charge in [0.25, 0.3) is 0 Å². The number of rotatable bonds is 5. The maximum atomic E-state index is 13.3. The molecule has 2 aliphatic rings. The summed E-state index contributed by atoms with van der Waals surface area (Å²) in [6, 6.07) is 18.8. The molecule has 27 heavy (non-hydrogen) atoms. The summed E-state index contributed by atoms with van der Waals surface area (Å²) in [5.41, 5.74) is 0.632. The third-order valence-electron chi connectivity index (χ3n) is 6.05. The third-order valence-corrected chi connectivity index (χ3v) is 8.43. The topological polar surface area (TPSA) is 52.6 Å². The van der Waals surface area contributed by atoms with Crippen LogP contribution in [0.5, 0.6) is 0 Å². The first-order valence-electron chi connectivity index (χ1n) is 9.54. The molecule has 2 aliphatic heterocycles. The van der Waals surface area contributed by atoms with E-state index in [1.54, 1.807) is 24.3 Å². The van der Waals surface area contributed by atoms with Gasteiger partial charge < -0.3 is 9.47 Å². The predicted molar refractivity (Wildman–Crippen MR) is 104 cm³/mol. The van der Waals surface area contributed by atoms with Gasteiger partial charge in [-0.15, -0.1) is 0 Å². The van der Waals surface area contributed by atoms with E-state index < -0.39 is 20.7 Å². The Bertz CT molecular complexity index is 881. The van der Waals surface area contributed by atoms with Gasteiger partial charge in [0.1, 0.15) is 0 Å². The van der Waals surface area contributed by atoms with E-state index in [0.29, 0.717) is 17.9 Å². The van der Waals surface area contributed by atoms with Gasteiger partial charge in [0.2, 0.25) is 0 Å². The van der Waals surface area contributed by atoms with Crippen molar-refractivity contribution >= 4 is 9.84 Å². The lowest BCUT2D eigenvalue weighted by atomic mass is 9.87. The largest absolute Gasteiger partial charge is 0.370 e. The smallest absolute Gasteiger partial charge is 0.184 e. The van der Waals surface area contributed by atoms with Gasteiger partial charge in [0, 0.05) is 5.92 Å². The zero-order valence-electron chi connectivity index (χ0n) is 15.7. The lowest BCUT2D eigenvalue weighted by Crippen LogP contribution is -2.47. The molecule has 5 heteroatoms. The van der Waals surface area contributed by atoms with Crippen LogP contribution in [0.25, 0.3) is 0 Å². The molecular weight excluding hydrogens is 360 g/mol. The van der Waals surface area contributed by atoms with Gasteiger partial charge in [-0.2, -0.15) is 0 Å². The molecule has 2 aromatic rings. The molecule has 2 saturated heterocycles. The third kappa shape index (κ3) is 3.33. The Balaban J connectivity index is 1.56. The number of sulfone groups is 1. The van der Waals surface area contributed by atoms with Crippen molar-refractivity contribution in [3.8, 4) is 0 Å². The van der Waals surface area contributed by atoms with E-state index in [1.807, 2.05) is 43.3 Å². The minimum Gasteiger partial charge on any atom is -0.370 e. The molecule has 144 valence electrons. The molecule has 2 fully saturated rings. The molecule has 2 heterocycles. The standard InChI is InChI=1S/C22H26O4S/c1-16-20(27(23,24)18-11-7-4-8-12-18)19-13-14-22(2,21(16)26-19)25-15-17-9-5-3-6-10-17/h3-12,16,19-21H,13-15H2,1-2H3/t16-,19-,20-,21-,22-/m0/s1. The van der Waals surface area contributed by atoms with Crippen molar-refractivity contribution in [3.63, 3.8) is 0 Å². The Kier molecular flexibility index (Phi) is 4.87. The molecule has 4 rings (SSSR count). The fourth-order valence-electron chi connectivity index (χ4n) is 4.63. The maximum absolute atomic E-state index is 13.3. The molecule has 2 bridgehead atoms. The van der Waals surface area contributed by atoms with E-state index in [-0.39, 0.29) is 18.1 Å². The second-order valence-electron chi connectivity index (χ2n) is 7.90. The Labute approximate surface area is 161 Å². The zero-order valence-corrected chi connectivity index (χ0v) is 16.6. The molecule has 4 nitrogen and oxygen atoms in total. The summed E-state index contributed by atoms with van der Waals surface area (Å²) in [5, 5.41) is -0.521. The highest BCUT2D eigenvalue weighted by atomic mass is 32.2. The van der Waals surface area contributed by atoms with Crippen LogP contribution in [0.15, 0.2) is 65.6 Å². The van der Waals surface area contributed by atoms with Gasteiger partial charge in [-0.05, 0) is 37.5 Å². The van der Waals surface area contributed by atoms with Gasteiger partial charge in [0.05, 0.1) is 34.6 Å². The Morgan fingerprint density at radius 3 is 2.37 bits per heavy atom. The number of hydrogen-bond acceptors (Lipinski definition) is 4. The molecular formula is C22H26O4S. The molecule has 0 aromatic heterocycles. The van der Waals surface area contributed by atoms with Crippen LogP contribution in [0.1, 0.15) is 32.3 Å². The van der Waals surface area contributed by atoms with E-state index >= 15 is 0 Å². The lowest BCUT2D eigenvalue weighted by molar-refractivity contribution is -0.178. The van der Waals surface area contributed by atoms with E-state index in [4.69, 9.17) is 9.47 Å². The molecule has 0 spiro atoms. The quantitative estimate of drug-likeness (QED) is 0.779. The van der Waals surface area contributed by atoms with Gasteiger partial charge >= 0.3 is 0 Å². The molecule has 0 aliphatic carbocycles. The fraction of sp³-hybridized carbons (Fsp3) is 0.455. The molecule has 0 radical (unpaired) electrons. The molecule has 0 N–H and O–H groups in total. The monoisotopic (exact) mass is 386 g/mol. The highest BCUT2D eigenvalue weighted by Crippen LogP contribution is 2.48. The lowest BCUT2D eigenvalue weighted by Gasteiger charge is -2.40. The molecule has 0 unspecified atom stereocenters. The van der Waals surface area contributed by atoms with Crippen LogP contribution in [-0.4, -0.2) is 31.5 Å². The first-order chi connectivity index (χ1) is 12.9. The van der Waals surface area contributed by atoms with Crippen LogP contribution in [0, 0.1) is 5.92 Å². The molecule has 0 amide bonds. The maximum Gasteiger partial charge on any atom is 0.184 e. The fourth-order valence-corrected chi connectivity index (χ4v) is 6.79. The Morgan fingerprint density at radius 2 is 1.70 bits per heavy atom. The van der Waals surface area contributed by atoms with Crippen LogP contribution in [0.3, 0.4) is 0 Å². The number of benzene rings is 2. The minimum atomic E-state index is -3.44. The van der Waals surface area contributed by atoms with Crippen LogP contribution < -0.4 is 0 Å². The second kappa shape index (κ2) is 7.04. The normalized spacial score (nSPS) is 33.1. The van der Waals surface area contributed by atoms with E-state index in [9.17, 15) is 8.42 Å². The summed E-state index contributed by atoms with van der Waals surface area (Å²) in [6.07, 6.45) is 1.02. The van der Waals surface area contributed by atoms with Crippen molar-refractivity contribution in [1.82, 2.24) is 0 Å². The average Bonchev–Trinajstić information content (AvgIpc) is 2.99. The molecule has 5 atom stereocenters. The summed E-state index contributed by atoms with van der Waals surface area (Å²) in [6.45, 7) is 4.56. The Hall–Kier alpha value is -1.69. The number of ether oxygens (including phenoxy) is 2. The Morgan fingerprint density at radius 1 is 1.07 bits per heavy atom. The molecule has 0 saturated carbocycles. The number of hydrogen-bond donors (Lipinski definition) is 0. The van der Waals surface area contributed by atoms with Crippen LogP contribution in [0.4, 0.5) is 0 Å². The first-order valence-corrected chi connectivity index (χ1v) is 11.1. The minimum absolute atomic E-state index is 0.122. The summed E-state index contributed by atoms with van der Waals surface area (Å²) < 4.78 is 39.0. The summed E-state index contributed by atoms with van der Waals surface area (Å²) >= 11 is 0. The van der Waals surface area contributed by atoms with Crippen molar-refractivity contribution in [3.05, 3.63) is 66.2 Å². The molecule has 2 aromatic carbocycles. The summed E-state index contributed by atoms with van der Waals surface area (Å²) in [4.78, 5) is 0.380. The van der Waals surface area contributed by atoms with E-state index in [1.165, 1.54) is 0 Å². The SMILES string of the molecule is C[C@H]1[C@H](S(=O)(=O)c2ccccc2)[C@@H]2CC[C@](C)(OCc3ccccc3)[C@H]1O2. The van der Waals surface area contributed by atoms with Crippen molar-refractivity contribution < 1.29 is 17.9 Å². The summed E-state index contributed by atoms with van der Waals surface area (Å²) in [7, 11) is -3.44. The van der Waals surface area contributed by atoms with Crippen LogP contribution in [-0.2, 0) is 25.9 Å². The van der Waals surface area contributed by atoms with E-state index in [2.05, 4.69) is 6.92 Å². The van der Waals surface area contributed by atoms with Gasteiger partial charge in [-0.3, -0.25) is 0 Å². The van der Waals surface area contributed by atoms with Crippen LogP contribution >= 0.6 is 0 Å². The van der Waals surface area contributed by atoms with Crippen LogP contribution in [0.2, 0.25) is 0 Å². The zero-order chi connectivity index (χ0) is 19.1. The van der Waals surface area contributed by atoms with Gasteiger partial charge in [0.15, 0.2) is 9.84 Å². The highest BCUT2D eigenvalue weighted by Gasteiger charge is 2.58.